The molecule has 5 heteroatoms. The van der Waals surface area contributed by atoms with Gasteiger partial charge < -0.3 is 11.1 Å². The Labute approximate surface area is 103 Å². The largest absolute Gasteiger partial charge is 0.396 e. The van der Waals surface area contributed by atoms with Crippen molar-refractivity contribution >= 4 is 34.4 Å². The molecular formula is C11H12ClN3S. The summed E-state index contributed by atoms with van der Waals surface area (Å²) in [6.07, 6.45) is 1.58. The third-order valence-electron chi connectivity index (χ3n) is 2.29. The van der Waals surface area contributed by atoms with Crippen molar-refractivity contribution in [3.8, 4) is 0 Å². The highest BCUT2D eigenvalue weighted by atomic mass is 35.5. The maximum Gasteiger partial charge on any atom is 0.149 e. The van der Waals surface area contributed by atoms with Gasteiger partial charge in [0.1, 0.15) is 5.82 Å². The Morgan fingerprint density at radius 1 is 1.50 bits per heavy atom. The molecule has 3 N–H and O–H groups in total. The van der Waals surface area contributed by atoms with Crippen LogP contribution >= 0.6 is 22.9 Å². The van der Waals surface area contributed by atoms with Crippen molar-refractivity contribution < 1.29 is 0 Å². The zero-order chi connectivity index (χ0) is 11.5. The first-order valence-electron chi connectivity index (χ1n) is 4.83. The number of hydrogen-bond donors (Lipinski definition) is 2. The van der Waals surface area contributed by atoms with E-state index in [1.165, 1.54) is 11.1 Å². The molecule has 0 aliphatic heterocycles. The third-order valence-corrected chi connectivity index (χ3v) is 3.41. The molecule has 0 aliphatic carbocycles. The lowest BCUT2D eigenvalue weighted by atomic mass is 10.2. The molecule has 0 amide bonds. The molecule has 0 aliphatic rings. The number of halogens is 1. The van der Waals surface area contributed by atoms with Gasteiger partial charge in [0.2, 0.25) is 0 Å². The predicted octanol–water partition coefficient (Wildman–Crippen LogP) is 3.30. The SMILES string of the molecule is Cc1cscc1CNc1ncc(Cl)cc1N. The van der Waals surface area contributed by atoms with Gasteiger partial charge in [-0.25, -0.2) is 4.98 Å². The van der Waals surface area contributed by atoms with Gasteiger partial charge in [0.25, 0.3) is 0 Å². The maximum atomic E-state index is 5.79. The molecule has 0 bridgehead atoms. The zero-order valence-electron chi connectivity index (χ0n) is 8.83. The number of aromatic nitrogens is 1. The summed E-state index contributed by atoms with van der Waals surface area (Å²) in [6, 6.07) is 1.69. The van der Waals surface area contributed by atoms with Crippen LogP contribution in [0.15, 0.2) is 23.0 Å². The first-order valence-corrected chi connectivity index (χ1v) is 6.15. The van der Waals surface area contributed by atoms with Crippen molar-refractivity contribution in [2.24, 2.45) is 0 Å². The molecule has 84 valence electrons. The number of nitrogens with zero attached hydrogens (tertiary/aromatic N) is 1. The van der Waals surface area contributed by atoms with E-state index in [2.05, 4.69) is 28.0 Å². The molecule has 0 fully saturated rings. The Hall–Kier alpha value is -1.26. The van der Waals surface area contributed by atoms with E-state index in [9.17, 15) is 0 Å². The molecule has 0 radical (unpaired) electrons. The van der Waals surface area contributed by atoms with Gasteiger partial charge in [-0.1, -0.05) is 11.6 Å². The van der Waals surface area contributed by atoms with Gasteiger partial charge in [0.05, 0.1) is 10.7 Å². The highest BCUT2D eigenvalue weighted by Crippen LogP contribution is 2.21. The van der Waals surface area contributed by atoms with Crippen LogP contribution in [0.5, 0.6) is 0 Å². The molecule has 0 aromatic carbocycles. The van der Waals surface area contributed by atoms with E-state index >= 15 is 0 Å². The van der Waals surface area contributed by atoms with Crippen LogP contribution in [0, 0.1) is 6.92 Å². The number of nitrogen functional groups attached to an aromatic ring is 1. The van der Waals surface area contributed by atoms with Crippen LogP contribution in [-0.2, 0) is 6.54 Å². The van der Waals surface area contributed by atoms with E-state index in [0.717, 1.165) is 6.54 Å². The van der Waals surface area contributed by atoms with Crippen LogP contribution in [0.3, 0.4) is 0 Å². The Balaban J connectivity index is 2.08. The van der Waals surface area contributed by atoms with E-state index in [4.69, 9.17) is 17.3 Å². The van der Waals surface area contributed by atoms with E-state index in [0.29, 0.717) is 16.5 Å². The third kappa shape index (κ3) is 2.46. The number of pyridine rings is 1. The summed E-state index contributed by atoms with van der Waals surface area (Å²) in [4.78, 5) is 4.14. The molecule has 0 unspecified atom stereocenters. The second kappa shape index (κ2) is 4.72. The van der Waals surface area contributed by atoms with Crippen molar-refractivity contribution in [3.05, 3.63) is 39.2 Å². The smallest absolute Gasteiger partial charge is 0.149 e. The van der Waals surface area contributed by atoms with Gasteiger partial charge in [-0.15, -0.1) is 0 Å². The van der Waals surface area contributed by atoms with Crippen LogP contribution < -0.4 is 11.1 Å². The highest BCUT2D eigenvalue weighted by molar-refractivity contribution is 7.08. The van der Waals surface area contributed by atoms with E-state index in [1.54, 1.807) is 23.6 Å². The monoisotopic (exact) mass is 253 g/mol. The first-order chi connectivity index (χ1) is 7.66. The number of aryl methyl sites for hydroxylation is 1. The number of hydrogen-bond acceptors (Lipinski definition) is 4. The van der Waals surface area contributed by atoms with Crippen LogP contribution in [0.25, 0.3) is 0 Å². The number of nitrogens with two attached hydrogens (primary N) is 1. The standard InChI is InChI=1S/C11H12ClN3S/c1-7-5-16-6-8(7)3-14-11-10(13)2-9(12)4-15-11/h2,4-6H,3,13H2,1H3,(H,14,15). The van der Waals surface area contributed by atoms with Gasteiger partial charge >= 0.3 is 0 Å². The summed E-state index contributed by atoms with van der Waals surface area (Å²) in [7, 11) is 0. The van der Waals surface area contributed by atoms with Gasteiger partial charge in [-0.05, 0) is 34.9 Å². The van der Waals surface area contributed by atoms with E-state index < -0.39 is 0 Å². The Morgan fingerprint density at radius 3 is 2.94 bits per heavy atom. The Morgan fingerprint density at radius 2 is 2.31 bits per heavy atom. The van der Waals surface area contributed by atoms with Crippen molar-refractivity contribution in [1.82, 2.24) is 4.98 Å². The minimum Gasteiger partial charge on any atom is -0.396 e. The van der Waals surface area contributed by atoms with Crippen LogP contribution in [0.2, 0.25) is 5.02 Å². The lowest BCUT2D eigenvalue weighted by Crippen LogP contribution is -2.04. The molecule has 2 aromatic heterocycles. The fourth-order valence-electron chi connectivity index (χ4n) is 1.35. The second-order valence-electron chi connectivity index (χ2n) is 3.52. The molecule has 3 nitrogen and oxygen atoms in total. The van der Waals surface area contributed by atoms with Crippen LogP contribution in [-0.4, -0.2) is 4.98 Å². The lowest BCUT2D eigenvalue weighted by molar-refractivity contribution is 1.11. The van der Waals surface area contributed by atoms with Gasteiger partial charge in [0.15, 0.2) is 0 Å². The van der Waals surface area contributed by atoms with Gasteiger partial charge in [-0.2, -0.15) is 11.3 Å². The normalized spacial score (nSPS) is 10.4. The molecule has 2 heterocycles. The number of thiophene rings is 1. The average Bonchev–Trinajstić information content (AvgIpc) is 2.63. The molecule has 0 saturated carbocycles. The van der Waals surface area contributed by atoms with Gasteiger partial charge in [-0.3, -0.25) is 0 Å². The fourth-order valence-corrected chi connectivity index (χ4v) is 2.37. The minimum absolute atomic E-state index is 0.551. The summed E-state index contributed by atoms with van der Waals surface area (Å²) in [6.45, 7) is 2.82. The summed E-state index contributed by atoms with van der Waals surface area (Å²) in [5.74, 6) is 0.676. The van der Waals surface area contributed by atoms with Crippen molar-refractivity contribution in [2.75, 3.05) is 11.1 Å². The zero-order valence-corrected chi connectivity index (χ0v) is 10.4. The minimum atomic E-state index is 0.551. The van der Waals surface area contributed by atoms with Gasteiger partial charge in [0, 0.05) is 12.7 Å². The number of rotatable bonds is 3. The predicted molar refractivity (Wildman–Crippen MR) is 70.0 cm³/mol. The number of anilines is 2. The summed E-state index contributed by atoms with van der Waals surface area (Å²) >= 11 is 7.47. The van der Waals surface area contributed by atoms with E-state index in [-0.39, 0.29) is 0 Å². The van der Waals surface area contributed by atoms with Crippen LogP contribution in [0.4, 0.5) is 11.5 Å². The molecule has 16 heavy (non-hydrogen) atoms. The lowest BCUT2D eigenvalue weighted by Gasteiger charge is -2.08. The Kier molecular flexibility index (Phi) is 3.31. The maximum absolute atomic E-state index is 5.79. The molecule has 0 saturated heterocycles. The van der Waals surface area contributed by atoms with Crippen molar-refractivity contribution in [1.29, 1.82) is 0 Å². The van der Waals surface area contributed by atoms with Crippen molar-refractivity contribution in [3.63, 3.8) is 0 Å². The molecule has 0 atom stereocenters. The average molecular weight is 254 g/mol. The highest BCUT2D eigenvalue weighted by Gasteiger charge is 2.03. The molecular weight excluding hydrogens is 242 g/mol. The quantitative estimate of drug-likeness (QED) is 0.883. The first kappa shape index (κ1) is 11.2. The van der Waals surface area contributed by atoms with Crippen LogP contribution in [0.1, 0.15) is 11.1 Å². The second-order valence-corrected chi connectivity index (χ2v) is 4.70. The molecule has 2 aromatic rings. The topological polar surface area (TPSA) is 50.9 Å². The summed E-state index contributed by atoms with van der Waals surface area (Å²) < 4.78 is 0. The van der Waals surface area contributed by atoms with Crippen molar-refractivity contribution in [2.45, 2.75) is 13.5 Å². The summed E-state index contributed by atoms with van der Waals surface area (Å²) in [5, 5.41) is 7.99. The summed E-state index contributed by atoms with van der Waals surface area (Å²) in [5.41, 5.74) is 8.91. The Bertz CT molecular complexity index is 496. The molecule has 0 spiro atoms. The fraction of sp³-hybridized carbons (Fsp3) is 0.182. The molecule has 2 rings (SSSR count). The number of nitrogens with one attached hydrogen (secondary N) is 1. The van der Waals surface area contributed by atoms with E-state index in [1.807, 2.05) is 0 Å².